The summed E-state index contributed by atoms with van der Waals surface area (Å²) in [5.74, 6) is -0.578. The molecular formula is C38H52FN5O7. The minimum absolute atomic E-state index is 0.0157. The molecule has 4 aliphatic rings. The SMILES string of the molecule is CC(=O)OCc1nc2c(cc1Cc1ccc(F)cc1)N(C(=O)CN1C[C@@H](C)N(C(=O)OC(C)(C)C)C[C@@H]1CN1CCOCC13CCC3)[C@@H](C)CO2. The van der Waals surface area contributed by atoms with E-state index in [0.717, 1.165) is 30.5 Å². The summed E-state index contributed by atoms with van der Waals surface area (Å²) in [6.45, 7) is 15.1. The van der Waals surface area contributed by atoms with Gasteiger partial charge in [-0.1, -0.05) is 12.1 Å². The lowest BCUT2D eigenvalue weighted by molar-refractivity contribution is -0.142. The van der Waals surface area contributed by atoms with Crippen LogP contribution in [0.3, 0.4) is 0 Å². The van der Waals surface area contributed by atoms with Crippen LogP contribution in [0.25, 0.3) is 0 Å². The van der Waals surface area contributed by atoms with Crippen molar-refractivity contribution in [2.75, 3.05) is 57.4 Å². The van der Waals surface area contributed by atoms with Crippen LogP contribution in [0, 0.1) is 5.82 Å². The molecule has 3 atom stereocenters. The Kier molecular flexibility index (Phi) is 10.9. The summed E-state index contributed by atoms with van der Waals surface area (Å²) in [5.41, 5.74) is 2.03. The van der Waals surface area contributed by atoms with Crippen LogP contribution in [0.1, 0.15) is 77.6 Å². The van der Waals surface area contributed by atoms with Crippen molar-refractivity contribution in [2.45, 2.75) is 103 Å². The molecule has 1 aliphatic carbocycles. The predicted octanol–water partition coefficient (Wildman–Crippen LogP) is 4.55. The average molecular weight is 710 g/mol. The summed E-state index contributed by atoms with van der Waals surface area (Å²) >= 11 is 0. The Bertz CT molecular complexity index is 1590. The molecule has 2 saturated heterocycles. The first-order valence-electron chi connectivity index (χ1n) is 18.1. The lowest BCUT2D eigenvalue weighted by Gasteiger charge is -2.55. The van der Waals surface area contributed by atoms with Gasteiger partial charge in [-0.25, -0.2) is 14.2 Å². The molecule has 278 valence electrons. The summed E-state index contributed by atoms with van der Waals surface area (Å²) < 4.78 is 36.8. The van der Waals surface area contributed by atoms with E-state index in [1.165, 1.54) is 25.5 Å². The number of ether oxygens (including phenoxy) is 4. The molecule has 1 saturated carbocycles. The molecule has 1 spiro atoms. The quantitative estimate of drug-likeness (QED) is 0.362. The molecule has 3 aliphatic heterocycles. The maximum absolute atomic E-state index is 14.5. The molecule has 0 bridgehead atoms. The molecule has 51 heavy (non-hydrogen) atoms. The Labute approximate surface area is 300 Å². The third-order valence-electron chi connectivity index (χ3n) is 10.5. The van der Waals surface area contributed by atoms with Crippen LogP contribution in [-0.2, 0) is 36.8 Å². The van der Waals surface area contributed by atoms with E-state index in [1.54, 1.807) is 17.0 Å². The highest BCUT2D eigenvalue weighted by atomic mass is 19.1. The summed E-state index contributed by atoms with van der Waals surface area (Å²) in [5, 5.41) is 0. The highest BCUT2D eigenvalue weighted by molar-refractivity contribution is 5.97. The zero-order valence-electron chi connectivity index (χ0n) is 30.8. The van der Waals surface area contributed by atoms with Crippen molar-refractivity contribution in [3.63, 3.8) is 0 Å². The summed E-state index contributed by atoms with van der Waals surface area (Å²) in [4.78, 5) is 52.7. The van der Waals surface area contributed by atoms with Gasteiger partial charge < -0.3 is 28.7 Å². The van der Waals surface area contributed by atoms with Gasteiger partial charge in [-0.3, -0.25) is 19.4 Å². The number of piperazine rings is 1. The van der Waals surface area contributed by atoms with Gasteiger partial charge in [-0.2, -0.15) is 0 Å². The Morgan fingerprint density at radius 3 is 2.49 bits per heavy atom. The molecular weight excluding hydrogens is 657 g/mol. The van der Waals surface area contributed by atoms with Crippen LogP contribution >= 0.6 is 0 Å². The van der Waals surface area contributed by atoms with E-state index < -0.39 is 11.6 Å². The number of esters is 1. The van der Waals surface area contributed by atoms with Crippen LogP contribution in [0.4, 0.5) is 14.9 Å². The smallest absolute Gasteiger partial charge is 0.410 e. The van der Waals surface area contributed by atoms with Gasteiger partial charge in [0.25, 0.3) is 0 Å². The Hall–Kier alpha value is -3.81. The number of hydrogen-bond acceptors (Lipinski definition) is 10. The molecule has 6 rings (SSSR count). The van der Waals surface area contributed by atoms with Gasteiger partial charge in [-0.05, 0) is 89.6 Å². The second-order valence-electron chi connectivity index (χ2n) is 15.6. The van der Waals surface area contributed by atoms with Gasteiger partial charge >= 0.3 is 12.1 Å². The molecule has 1 aromatic heterocycles. The lowest BCUT2D eigenvalue weighted by Crippen LogP contribution is -2.68. The number of aromatic nitrogens is 1. The fourth-order valence-corrected chi connectivity index (χ4v) is 7.65. The van der Waals surface area contributed by atoms with E-state index in [2.05, 4.69) is 9.80 Å². The Balaban J connectivity index is 1.28. The molecule has 1 aromatic carbocycles. The van der Waals surface area contributed by atoms with E-state index in [4.69, 9.17) is 23.9 Å². The number of rotatable bonds is 8. The lowest BCUT2D eigenvalue weighted by atomic mass is 9.75. The number of carbonyl (C=O) groups excluding carboxylic acids is 3. The number of morpholine rings is 1. The van der Waals surface area contributed by atoms with Crippen molar-refractivity contribution in [1.29, 1.82) is 0 Å². The molecule has 0 radical (unpaired) electrons. The van der Waals surface area contributed by atoms with Gasteiger partial charge in [0.15, 0.2) is 0 Å². The molecule has 4 heterocycles. The number of nitrogens with zero attached hydrogens (tertiary/aromatic N) is 5. The largest absolute Gasteiger partial charge is 0.474 e. The fraction of sp³-hybridized carbons (Fsp3) is 0.632. The minimum Gasteiger partial charge on any atom is -0.474 e. The maximum atomic E-state index is 14.5. The summed E-state index contributed by atoms with van der Waals surface area (Å²) in [6.07, 6.45) is 3.38. The van der Waals surface area contributed by atoms with Crippen LogP contribution in [0.2, 0.25) is 0 Å². The predicted molar refractivity (Wildman–Crippen MR) is 188 cm³/mol. The minimum atomic E-state index is -0.624. The molecule has 12 nitrogen and oxygen atoms in total. The van der Waals surface area contributed by atoms with Crippen LogP contribution in [-0.4, -0.2) is 119 Å². The van der Waals surface area contributed by atoms with Gasteiger partial charge in [0.2, 0.25) is 11.8 Å². The van der Waals surface area contributed by atoms with Crippen LogP contribution in [0.15, 0.2) is 30.3 Å². The molecule has 13 heteroatoms. The third-order valence-corrected chi connectivity index (χ3v) is 10.5. The van der Waals surface area contributed by atoms with E-state index in [9.17, 15) is 18.8 Å². The van der Waals surface area contributed by atoms with Crippen molar-refractivity contribution < 1.29 is 37.7 Å². The van der Waals surface area contributed by atoms with Crippen LogP contribution < -0.4 is 9.64 Å². The number of amides is 2. The van der Waals surface area contributed by atoms with E-state index >= 15 is 0 Å². The van der Waals surface area contributed by atoms with Gasteiger partial charge in [0.1, 0.15) is 30.3 Å². The fourth-order valence-electron chi connectivity index (χ4n) is 7.65. The first-order chi connectivity index (χ1) is 24.2. The number of benzene rings is 1. The molecule has 2 aromatic rings. The molecule has 3 fully saturated rings. The van der Waals surface area contributed by atoms with Gasteiger partial charge in [-0.15, -0.1) is 0 Å². The Morgan fingerprint density at radius 1 is 1.08 bits per heavy atom. The van der Waals surface area contributed by atoms with Gasteiger partial charge in [0, 0.05) is 50.7 Å². The number of carbonyl (C=O) groups is 3. The summed E-state index contributed by atoms with van der Waals surface area (Å²) in [7, 11) is 0. The summed E-state index contributed by atoms with van der Waals surface area (Å²) in [6, 6.07) is 7.53. The van der Waals surface area contributed by atoms with Crippen LogP contribution in [0.5, 0.6) is 5.88 Å². The highest BCUT2D eigenvalue weighted by Crippen LogP contribution is 2.40. The third kappa shape index (κ3) is 8.47. The number of fused-ring (bicyclic) bond motifs is 1. The van der Waals surface area contributed by atoms with Gasteiger partial charge in [0.05, 0.1) is 31.5 Å². The number of pyridine rings is 1. The zero-order valence-corrected chi connectivity index (χ0v) is 30.8. The normalized spacial score (nSPS) is 23.6. The zero-order chi connectivity index (χ0) is 36.5. The Morgan fingerprint density at radius 2 is 1.82 bits per heavy atom. The molecule has 0 unspecified atom stereocenters. The first-order valence-corrected chi connectivity index (χ1v) is 18.1. The van der Waals surface area contributed by atoms with E-state index in [1.807, 2.05) is 45.6 Å². The second kappa shape index (κ2) is 15.0. The van der Waals surface area contributed by atoms with E-state index in [0.29, 0.717) is 56.5 Å². The average Bonchev–Trinajstić information content (AvgIpc) is 3.04. The molecule has 2 amide bonds. The van der Waals surface area contributed by atoms with Crippen molar-refractivity contribution in [2.24, 2.45) is 0 Å². The monoisotopic (exact) mass is 709 g/mol. The number of anilines is 1. The van der Waals surface area contributed by atoms with Crippen molar-refractivity contribution in [1.82, 2.24) is 19.7 Å². The van der Waals surface area contributed by atoms with Crippen molar-refractivity contribution >= 4 is 23.7 Å². The van der Waals surface area contributed by atoms with Crippen molar-refractivity contribution in [3.8, 4) is 5.88 Å². The van der Waals surface area contributed by atoms with Crippen molar-refractivity contribution in [3.05, 3.63) is 53.0 Å². The topological polar surface area (TPSA) is 114 Å². The van der Waals surface area contributed by atoms with E-state index in [-0.39, 0.29) is 61.2 Å². The second-order valence-corrected chi connectivity index (χ2v) is 15.6. The number of hydrogen-bond donors (Lipinski definition) is 0. The highest BCUT2D eigenvalue weighted by Gasteiger charge is 2.47. The maximum Gasteiger partial charge on any atom is 0.410 e. The number of halogens is 1. The first kappa shape index (κ1) is 37.0. The molecule has 0 N–H and O–H groups in total. The standard InChI is InChI=1S/C38H52FN5O7/c1-25-18-41(31(20-43(25)36(47)51-37(4,5)6)19-42-14-15-48-24-38(42)12-7-13-38)21-34(46)44-26(2)22-50-35-33(44)17-29(32(40-35)23-49-27(3)45)16-28-8-10-30(39)11-9-28/h8-11,17,25-26,31H,7,12-16,18-24H2,1-6H3/t25-,26+,31+/m1/s1.